The lowest BCUT2D eigenvalue weighted by atomic mass is 10.0. The van der Waals surface area contributed by atoms with Crippen LogP contribution in [0.25, 0.3) is 22.1 Å². The van der Waals surface area contributed by atoms with Crippen molar-refractivity contribution in [3.8, 4) is 11.1 Å². The van der Waals surface area contributed by atoms with Gasteiger partial charge >= 0.3 is 0 Å². The normalized spacial score (nSPS) is 11.1. The Labute approximate surface area is 117 Å². The smallest absolute Gasteiger partial charge is 0.134 e. The molecule has 20 heavy (non-hydrogen) atoms. The maximum absolute atomic E-state index is 5.76. The molecule has 4 nitrogen and oxygen atoms in total. The Bertz CT molecular complexity index is 762. The Morgan fingerprint density at radius 3 is 2.80 bits per heavy atom. The fourth-order valence-electron chi connectivity index (χ4n) is 2.35. The van der Waals surface area contributed by atoms with Gasteiger partial charge in [0.05, 0.1) is 6.26 Å². The zero-order valence-corrected chi connectivity index (χ0v) is 11.4. The molecule has 2 aromatic heterocycles. The summed E-state index contributed by atoms with van der Waals surface area (Å²) in [7, 11) is 0. The number of aryl methyl sites for hydroxylation is 1. The summed E-state index contributed by atoms with van der Waals surface area (Å²) in [5, 5.41) is 1.11. The van der Waals surface area contributed by atoms with Crippen molar-refractivity contribution in [3.05, 3.63) is 47.9 Å². The van der Waals surface area contributed by atoms with Crippen LogP contribution in [0, 0.1) is 6.92 Å². The van der Waals surface area contributed by atoms with Crippen molar-refractivity contribution in [2.24, 2.45) is 5.73 Å². The minimum absolute atomic E-state index is 0.571. The van der Waals surface area contributed by atoms with Crippen LogP contribution in [-0.2, 0) is 6.42 Å². The standard InChI is InChI=1S/C16H17N3O/c1-10-6-13(8-19-16(10)18)11-2-3-15-14(7-11)12(4-5-17)9-20-15/h2-3,6-9H,4-5,17H2,1H3,(H2,18,19). The van der Waals surface area contributed by atoms with Crippen LogP contribution in [0.3, 0.4) is 0 Å². The number of nitrogens with zero attached hydrogens (tertiary/aromatic N) is 1. The molecular formula is C16H17N3O. The monoisotopic (exact) mass is 267 g/mol. The number of nitrogen functional groups attached to an aromatic ring is 1. The van der Waals surface area contributed by atoms with Crippen molar-refractivity contribution in [1.82, 2.24) is 4.98 Å². The molecule has 0 unspecified atom stereocenters. The Morgan fingerprint density at radius 2 is 2.05 bits per heavy atom. The van der Waals surface area contributed by atoms with Crippen LogP contribution < -0.4 is 11.5 Å². The van der Waals surface area contributed by atoms with Gasteiger partial charge in [0.25, 0.3) is 0 Å². The quantitative estimate of drug-likeness (QED) is 0.764. The predicted octanol–water partition coefficient (Wildman–Crippen LogP) is 2.89. The maximum Gasteiger partial charge on any atom is 0.134 e. The van der Waals surface area contributed by atoms with E-state index in [2.05, 4.69) is 11.1 Å². The third-order valence-electron chi connectivity index (χ3n) is 3.52. The van der Waals surface area contributed by atoms with Crippen LogP contribution in [0.15, 0.2) is 41.1 Å². The van der Waals surface area contributed by atoms with Crippen LogP contribution in [0.2, 0.25) is 0 Å². The van der Waals surface area contributed by atoms with Gasteiger partial charge in [0.2, 0.25) is 0 Å². The first-order valence-corrected chi connectivity index (χ1v) is 6.61. The van der Waals surface area contributed by atoms with E-state index in [1.54, 1.807) is 12.5 Å². The van der Waals surface area contributed by atoms with Gasteiger partial charge in [0.15, 0.2) is 0 Å². The maximum atomic E-state index is 5.76. The number of rotatable bonds is 3. The summed E-state index contributed by atoms with van der Waals surface area (Å²) in [6.07, 6.45) is 4.40. The molecule has 0 amide bonds. The molecule has 0 aliphatic carbocycles. The third-order valence-corrected chi connectivity index (χ3v) is 3.52. The molecule has 0 spiro atoms. The summed E-state index contributed by atoms with van der Waals surface area (Å²) in [6, 6.07) is 8.18. The van der Waals surface area contributed by atoms with Crippen molar-refractivity contribution >= 4 is 16.8 Å². The molecule has 3 aromatic rings. The Balaban J connectivity index is 2.11. The lowest BCUT2D eigenvalue weighted by Crippen LogP contribution is -2.01. The van der Waals surface area contributed by atoms with Gasteiger partial charge < -0.3 is 15.9 Å². The van der Waals surface area contributed by atoms with Gasteiger partial charge in [-0.1, -0.05) is 6.07 Å². The number of hydrogen-bond donors (Lipinski definition) is 2. The summed E-state index contributed by atoms with van der Waals surface area (Å²) in [6.45, 7) is 2.57. The average Bonchev–Trinajstić information content (AvgIpc) is 2.85. The van der Waals surface area contributed by atoms with Gasteiger partial charge in [0.1, 0.15) is 11.4 Å². The zero-order chi connectivity index (χ0) is 14.1. The first kappa shape index (κ1) is 12.7. The average molecular weight is 267 g/mol. The van der Waals surface area contributed by atoms with E-state index in [1.165, 1.54) is 0 Å². The molecule has 0 aliphatic heterocycles. The molecule has 0 radical (unpaired) electrons. The highest BCUT2D eigenvalue weighted by molar-refractivity contribution is 5.86. The van der Waals surface area contributed by atoms with Crippen LogP contribution in [0.4, 0.5) is 5.82 Å². The van der Waals surface area contributed by atoms with Crippen LogP contribution in [0.1, 0.15) is 11.1 Å². The van der Waals surface area contributed by atoms with Crippen molar-refractivity contribution in [3.63, 3.8) is 0 Å². The number of fused-ring (bicyclic) bond motifs is 1. The molecule has 3 rings (SSSR count). The molecule has 0 bridgehead atoms. The highest BCUT2D eigenvalue weighted by atomic mass is 16.3. The lowest BCUT2D eigenvalue weighted by Gasteiger charge is -2.05. The van der Waals surface area contributed by atoms with Crippen molar-refractivity contribution in [2.75, 3.05) is 12.3 Å². The van der Waals surface area contributed by atoms with Gasteiger partial charge in [-0.2, -0.15) is 0 Å². The predicted molar refractivity (Wildman–Crippen MR) is 81.4 cm³/mol. The highest BCUT2D eigenvalue weighted by Gasteiger charge is 2.08. The van der Waals surface area contributed by atoms with Crippen LogP contribution >= 0.6 is 0 Å². The number of furan rings is 1. The molecule has 2 heterocycles. The number of anilines is 1. The minimum Gasteiger partial charge on any atom is -0.464 e. The fourth-order valence-corrected chi connectivity index (χ4v) is 2.35. The Kier molecular flexibility index (Phi) is 3.16. The minimum atomic E-state index is 0.571. The number of hydrogen-bond acceptors (Lipinski definition) is 4. The van der Waals surface area contributed by atoms with E-state index in [9.17, 15) is 0 Å². The van der Waals surface area contributed by atoms with E-state index in [-0.39, 0.29) is 0 Å². The first-order chi connectivity index (χ1) is 9.69. The van der Waals surface area contributed by atoms with Gasteiger partial charge in [-0.3, -0.25) is 0 Å². The molecule has 0 fully saturated rings. The molecular weight excluding hydrogens is 250 g/mol. The van der Waals surface area contributed by atoms with Crippen LogP contribution in [0.5, 0.6) is 0 Å². The Morgan fingerprint density at radius 1 is 1.20 bits per heavy atom. The summed E-state index contributed by atoms with van der Waals surface area (Å²) in [5.74, 6) is 0.571. The number of pyridine rings is 1. The third kappa shape index (κ3) is 2.14. The van der Waals surface area contributed by atoms with Crippen LogP contribution in [-0.4, -0.2) is 11.5 Å². The van der Waals surface area contributed by atoms with Gasteiger partial charge in [-0.05, 0) is 54.8 Å². The Hall–Kier alpha value is -2.33. The zero-order valence-electron chi connectivity index (χ0n) is 11.4. The summed E-state index contributed by atoms with van der Waals surface area (Å²) in [4.78, 5) is 4.22. The second kappa shape index (κ2) is 4.98. The fraction of sp³-hybridized carbons (Fsp3) is 0.188. The number of benzene rings is 1. The lowest BCUT2D eigenvalue weighted by molar-refractivity contribution is 0.610. The summed E-state index contributed by atoms with van der Waals surface area (Å²) >= 11 is 0. The van der Waals surface area contributed by atoms with Crippen molar-refractivity contribution in [1.29, 1.82) is 0 Å². The highest BCUT2D eigenvalue weighted by Crippen LogP contribution is 2.28. The van der Waals surface area contributed by atoms with Crippen molar-refractivity contribution in [2.45, 2.75) is 13.3 Å². The van der Waals surface area contributed by atoms with Crippen molar-refractivity contribution < 1.29 is 4.42 Å². The first-order valence-electron chi connectivity index (χ1n) is 6.61. The van der Waals surface area contributed by atoms with E-state index in [1.807, 2.05) is 25.1 Å². The SMILES string of the molecule is Cc1cc(-c2ccc3occ(CCN)c3c2)cnc1N. The molecule has 1 aromatic carbocycles. The second-order valence-electron chi connectivity index (χ2n) is 4.94. The second-order valence-corrected chi connectivity index (χ2v) is 4.94. The topological polar surface area (TPSA) is 78.1 Å². The molecule has 0 saturated carbocycles. The van der Waals surface area contributed by atoms with E-state index in [0.717, 1.165) is 39.6 Å². The van der Waals surface area contributed by atoms with E-state index in [0.29, 0.717) is 12.4 Å². The largest absolute Gasteiger partial charge is 0.464 e. The number of aromatic nitrogens is 1. The van der Waals surface area contributed by atoms with Gasteiger partial charge in [-0.25, -0.2) is 4.98 Å². The molecule has 0 atom stereocenters. The van der Waals surface area contributed by atoms with E-state index >= 15 is 0 Å². The van der Waals surface area contributed by atoms with Gasteiger partial charge in [-0.15, -0.1) is 0 Å². The molecule has 4 N–H and O–H groups in total. The van der Waals surface area contributed by atoms with E-state index < -0.39 is 0 Å². The summed E-state index contributed by atoms with van der Waals surface area (Å²) in [5.41, 5.74) is 16.6. The molecule has 0 saturated heterocycles. The van der Waals surface area contributed by atoms with Gasteiger partial charge in [0, 0.05) is 17.1 Å². The molecule has 0 aliphatic rings. The molecule has 4 heteroatoms. The number of nitrogens with two attached hydrogens (primary N) is 2. The summed E-state index contributed by atoms with van der Waals surface area (Å²) < 4.78 is 5.54. The molecule has 102 valence electrons. The van der Waals surface area contributed by atoms with E-state index in [4.69, 9.17) is 15.9 Å².